The predicted molar refractivity (Wildman–Crippen MR) is 74.1 cm³/mol. The lowest BCUT2D eigenvalue weighted by Gasteiger charge is -2.21. The average Bonchev–Trinajstić information content (AvgIpc) is 2.15. The van der Waals surface area contributed by atoms with Crippen LogP contribution in [0.5, 0.6) is 5.75 Å². The molecule has 1 rings (SSSR count). The SMILES string of the molecule is CCOP(=S)(OCC)Oc1cc(C)cc(C)c1. The normalized spacial score (nSPS) is 11.5. The van der Waals surface area contributed by atoms with Crippen molar-refractivity contribution in [3.8, 4) is 5.75 Å². The quantitative estimate of drug-likeness (QED) is 0.733. The Bertz CT molecular complexity index is 390. The monoisotopic (exact) mass is 274 g/mol. The van der Waals surface area contributed by atoms with E-state index < -0.39 is 6.72 Å². The van der Waals surface area contributed by atoms with E-state index in [-0.39, 0.29) is 0 Å². The molecule has 0 N–H and O–H groups in total. The summed E-state index contributed by atoms with van der Waals surface area (Å²) in [5, 5.41) is 0. The third kappa shape index (κ3) is 4.76. The standard InChI is InChI=1S/C12H19O3PS/c1-5-13-16(17,14-6-2)15-12-8-10(3)7-11(4)9-12/h7-9H,5-6H2,1-4H3. The van der Waals surface area contributed by atoms with Gasteiger partial charge in [-0.15, -0.1) is 0 Å². The Morgan fingerprint density at radius 3 is 1.88 bits per heavy atom. The van der Waals surface area contributed by atoms with Gasteiger partial charge in [-0.05, 0) is 51.0 Å². The molecule has 3 nitrogen and oxygen atoms in total. The minimum Gasteiger partial charge on any atom is -0.424 e. The molecule has 0 bridgehead atoms. The summed E-state index contributed by atoms with van der Waals surface area (Å²) in [5.41, 5.74) is 2.27. The highest BCUT2D eigenvalue weighted by atomic mass is 32.5. The molecule has 0 atom stereocenters. The third-order valence-electron chi connectivity index (χ3n) is 1.99. The lowest BCUT2D eigenvalue weighted by atomic mass is 10.1. The first-order valence-electron chi connectivity index (χ1n) is 5.66. The zero-order valence-electron chi connectivity index (χ0n) is 10.7. The molecular weight excluding hydrogens is 255 g/mol. The van der Waals surface area contributed by atoms with Crippen molar-refractivity contribution in [2.24, 2.45) is 0 Å². The maximum Gasteiger partial charge on any atom is 0.380 e. The van der Waals surface area contributed by atoms with E-state index in [1.807, 2.05) is 39.8 Å². The summed E-state index contributed by atoms with van der Waals surface area (Å²) < 4.78 is 16.6. The van der Waals surface area contributed by atoms with Gasteiger partial charge in [-0.1, -0.05) is 6.07 Å². The maximum atomic E-state index is 5.73. The van der Waals surface area contributed by atoms with Gasteiger partial charge in [-0.3, -0.25) is 9.05 Å². The van der Waals surface area contributed by atoms with E-state index in [0.717, 1.165) is 11.1 Å². The summed E-state index contributed by atoms with van der Waals surface area (Å²) in [6.07, 6.45) is 0. The molecule has 0 aliphatic rings. The smallest absolute Gasteiger partial charge is 0.380 e. The molecule has 17 heavy (non-hydrogen) atoms. The highest BCUT2D eigenvalue weighted by Gasteiger charge is 2.21. The largest absolute Gasteiger partial charge is 0.424 e. The van der Waals surface area contributed by atoms with Crippen LogP contribution in [0.15, 0.2) is 18.2 Å². The third-order valence-corrected chi connectivity index (χ3v) is 4.43. The lowest BCUT2D eigenvalue weighted by Crippen LogP contribution is -2.02. The van der Waals surface area contributed by atoms with Gasteiger partial charge < -0.3 is 4.52 Å². The van der Waals surface area contributed by atoms with E-state index in [4.69, 9.17) is 25.4 Å². The van der Waals surface area contributed by atoms with Crippen molar-refractivity contribution in [1.29, 1.82) is 0 Å². The second-order valence-corrected chi connectivity index (χ2v) is 6.63. The van der Waals surface area contributed by atoms with Crippen LogP contribution in [0, 0.1) is 13.8 Å². The fourth-order valence-electron chi connectivity index (χ4n) is 1.52. The number of hydrogen-bond acceptors (Lipinski definition) is 4. The Kier molecular flexibility index (Phi) is 5.60. The van der Waals surface area contributed by atoms with Gasteiger partial charge in [0.1, 0.15) is 5.75 Å². The molecule has 1 aromatic carbocycles. The molecule has 0 unspecified atom stereocenters. The Balaban J connectivity index is 2.89. The van der Waals surface area contributed by atoms with Gasteiger partial charge in [0.15, 0.2) is 0 Å². The van der Waals surface area contributed by atoms with Gasteiger partial charge in [0.25, 0.3) is 0 Å². The highest BCUT2D eigenvalue weighted by Crippen LogP contribution is 2.49. The van der Waals surface area contributed by atoms with Crippen molar-refractivity contribution < 1.29 is 13.6 Å². The van der Waals surface area contributed by atoms with E-state index in [1.54, 1.807) is 0 Å². The second kappa shape index (κ2) is 6.50. The van der Waals surface area contributed by atoms with Crippen molar-refractivity contribution in [3.05, 3.63) is 29.3 Å². The highest BCUT2D eigenvalue weighted by molar-refractivity contribution is 8.07. The number of rotatable bonds is 6. The number of benzene rings is 1. The molecule has 0 radical (unpaired) electrons. The van der Waals surface area contributed by atoms with Crippen molar-refractivity contribution in [1.82, 2.24) is 0 Å². The molecule has 0 amide bonds. The molecule has 0 fully saturated rings. The van der Waals surface area contributed by atoms with Crippen molar-refractivity contribution in [3.63, 3.8) is 0 Å². The maximum absolute atomic E-state index is 5.73. The van der Waals surface area contributed by atoms with Gasteiger partial charge in [0.2, 0.25) is 0 Å². The van der Waals surface area contributed by atoms with Crippen LogP contribution in [0.2, 0.25) is 0 Å². The van der Waals surface area contributed by atoms with Gasteiger partial charge in [-0.2, -0.15) is 0 Å². The first-order valence-corrected chi connectivity index (χ1v) is 8.21. The molecule has 0 saturated heterocycles. The average molecular weight is 274 g/mol. The number of hydrogen-bond donors (Lipinski definition) is 0. The molecular formula is C12H19O3PS. The van der Waals surface area contributed by atoms with E-state index >= 15 is 0 Å². The Morgan fingerprint density at radius 1 is 1.00 bits per heavy atom. The molecule has 0 saturated carbocycles. The topological polar surface area (TPSA) is 27.7 Å². The summed E-state index contributed by atoms with van der Waals surface area (Å²) in [5.74, 6) is 0.715. The molecule has 0 aliphatic heterocycles. The zero-order chi connectivity index (χ0) is 12.9. The lowest BCUT2D eigenvalue weighted by molar-refractivity contribution is 0.218. The fourth-order valence-corrected chi connectivity index (χ4v) is 3.59. The van der Waals surface area contributed by atoms with Crippen LogP contribution < -0.4 is 4.52 Å². The van der Waals surface area contributed by atoms with Crippen LogP contribution in [-0.4, -0.2) is 13.2 Å². The Hall–Kier alpha value is -0.410. The molecule has 5 heteroatoms. The first-order chi connectivity index (χ1) is 7.99. The molecule has 96 valence electrons. The van der Waals surface area contributed by atoms with Crippen LogP contribution in [0.3, 0.4) is 0 Å². The first kappa shape index (κ1) is 14.7. The molecule has 0 aromatic heterocycles. The van der Waals surface area contributed by atoms with Gasteiger partial charge >= 0.3 is 6.72 Å². The van der Waals surface area contributed by atoms with Crippen LogP contribution in [0.25, 0.3) is 0 Å². The van der Waals surface area contributed by atoms with E-state index in [1.165, 1.54) is 0 Å². The van der Waals surface area contributed by atoms with Crippen molar-refractivity contribution >= 4 is 18.5 Å². The van der Waals surface area contributed by atoms with Crippen molar-refractivity contribution in [2.45, 2.75) is 27.7 Å². The predicted octanol–water partition coefficient (Wildman–Crippen LogP) is 3.98. The minimum absolute atomic E-state index is 0.488. The van der Waals surface area contributed by atoms with Crippen molar-refractivity contribution in [2.75, 3.05) is 13.2 Å². The fraction of sp³-hybridized carbons (Fsp3) is 0.500. The molecule has 0 heterocycles. The van der Waals surface area contributed by atoms with E-state index in [0.29, 0.717) is 19.0 Å². The summed E-state index contributed by atoms with van der Waals surface area (Å²) in [4.78, 5) is 0. The van der Waals surface area contributed by atoms with Gasteiger partial charge in [0, 0.05) is 11.8 Å². The second-order valence-electron chi connectivity index (χ2n) is 3.70. The van der Waals surface area contributed by atoms with Gasteiger partial charge in [0.05, 0.1) is 13.2 Å². The summed E-state index contributed by atoms with van der Waals surface area (Å²) in [6.45, 7) is 6.13. The van der Waals surface area contributed by atoms with Crippen LogP contribution >= 0.6 is 6.72 Å². The molecule has 0 spiro atoms. The van der Waals surface area contributed by atoms with E-state index in [9.17, 15) is 0 Å². The summed E-state index contributed by atoms with van der Waals surface area (Å²) in [6, 6.07) is 5.95. The van der Waals surface area contributed by atoms with Gasteiger partial charge in [-0.25, -0.2) is 0 Å². The van der Waals surface area contributed by atoms with Crippen LogP contribution in [0.4, 0.5) is 0 Å². The minimum atomic E-state index is -2.65. The van der Waals surface area contributed by atoms with Crippen LogP contribution in [0.1, 0.15) is 25.0 Å². The zero-order valence-corrected chi connectivity index (χ0v) is 12.4. The van der Waals surface area contributed by atoms with Crippen LogP contribution in [-0.2, 0) is 20.9 Å². The number of aryl methyl sites for hydroxylation is 2. The Labute approximate surface area is 108 Å². The summed E-state index contributed by atoms with van der Waals surface area (Å²) >= 11 is 5.31. The molecule has 1 aromatic rings. The molecule has 0 aliphatic carbocycles. The van der Waals surface area contributed by atoms with E-state index in [2.05, 4.69) is 6.07 Å². The Morgan fingerprint density at radius 2 is 1.47 bits per heavy atom. The summed E-state index contributed by atoms with van der Waals surface area (Å²) in [7, 11) is 0.